The SMILES string of the molecule is CCn1nc(C(=O)Nc2cccc3cccnc23)cc1C. The number of rotatable bonds is 3. The number of amides is 1. The number of hydrogen-bond donors (Lipinski definition) is 1. The molecular weight excluding hydrogens is 264 g/mol. The zero-order chi connectivity index (χ0) is 14.8. The van der Waals surface area contributed by atoms with Crippen LogP contribution in [0.1, 0.15) is 23.1 Å². The Bertz CT molecular complexity index is 802. The lowest BCUT2D eigenvalue weighted by atomic mass is 10.2. The maximum atomic E-state index is 12.3. The summed E-state index contributed by atoms with van der Waals surface area (Å²) in [5.41, 5.74) is 2.86. The van der Waals surface area contributed by atoms with Gasteiger partial charge in [-0.3, -0.25) is 14.5 Å². The van der Waals surface area contributed by atoms with E-state index in [9.17, 15) is 4.79 Å². The van der Waals surface area contributed by atoms with Crippen LogP contribution in [0.15, 0.2) is 42.6 Å². The summed E-state index contributed by atoms with van der Waals surface area (Å²) in [6.07, 6.45) is 1.72. The van der Waals surface area contributed by atoms with Crippen molar-refractivity contribution in [2.24, 2.45) is 0 Å². The zero-order valence-electron chi connectivity index (χ0n) is 12.0. The monoisotopic (exact) mass is 280 g/mol. The first-order chi connectivity index (χ1) is 10.2. The second kappa shape index (κ2) is 5.36. The van der Waals surface area contributed by atoms with Crippen LogP contribution in [0.25, 0.3) is 10.9 Å². The van der Waals surface area contributed by atoms with E-state index in [4.69, 9.17) is 0 Å². The van der Waals surface area contributed by atoms with Gasteiger partial charge in [-0.15, -0.1) is 0 Å². The van der Waals surface area contributed by atoms with Crippen molar-refractivity contribution in [3.05, 3.63) is 54.0 Å². The van der Waals surface area contributed by atoms with Crippen LogP contribution in [0.5, 0.6) is 0 Å². The molecule has 0 saturated heterocycles. The average molecular weight is 280 g/mol. The second-order valence-electron chi connectivity index (χ2n) is 4.82. The van der Waals surface area contributed by atoms with Gasteiger partial charge in [-0.05, 0) is 32.0 Å². The quantitative estimate of drug-likeness (QED) is 0.802. The molecule has 1 N–H and O–H groups in total. The molecule has 0 aliphatic rings. The molecule has 106 valence electrons. The van der Waals surface area contributed by atoms with Crippen LogP contribution in [-0.4, -0.2) is 20.7 Å². The largest absolute Gasteiger partial charge is 0.319 e. The lowest BCUT2D eigenvalue weighted by Crippen LogP contribution is -2.13. The topological polar surface area (TPSA) is 59.8 Å². The van der Waals surface area contributed by atoms with E-state index in [2.05, 4.69) is 15.4 Å². The minimum absolute atomic E-state index is 0.219. The molecule has 0 aliphatic heterocycles. The maximum Gasteiger partial charge on any atom is 0.276 e. The van der Waals surface area contributed by atoms with Crippen LogP contribution >= 0.6 is 0 Å². The molecule has 0 fully saturated rings. The van der Waals surface area contributed by atoms with Gasteiger partial charge in [0, 0.05) is 23.8 Å². The van der Waals surface area contributed by atoms with Crippen molar-refractivity contribution in [3.8, 4) is 0 Å². The normalized spacial score (nSPS) is 10.8. The second-order valence-corrected chi connectivity index (χ2v) is 4.82. The van der Waals surface area contributed by atoms with Crippen LogP contribution in [0, 0.1) is 6.92 Å². The van der Waals surface area contributed by atoms with Crippen molar-refractivity contribution in [1.29, 1.82) is 0 Å². The molecule has 0 radical (unpaired) electrons. The molecule has 0 atom stereocenters. The zero-order valence-corrected chi connectivity index (χ0v) is 12.0. The van der Waals surface area contributed by atoms with Gasteiger partial charge < -0.3 is 5.32 Å². The Kier molecular flexibility index (Phi) is 3.39. The molecule has 0 spiro atoms. The highest BCUT2D eigenvalue weighted by Gasteiger charge is 2.13. The first kappa shape index (κ1) is 13.3. The van der Waals surface area contributed by atoms with E-state index < -0.39 is 0 Å². The van der Waals surface area contributed by atoms with Gasteiger partial charge in [-0.2, -0.15) is 5.10 Å². The lowest BCUT2D eigenvalue weighted by molar-refractivity contribution is 0.102. The van der Waals surface area contributed by atoms with Crippen LogP contribution in [-0.2, 0) is 6.54 Å². The number of anilines is 1. The summed E-state index contributed by atoms with van der Waals surface area (Å²) in [4.78, 5) is 16.7. The smallest absolute Gasteiger partial charge is 0.276 e. The highest BCUT2D eigenvalue weighted by atomic mass is 16.1. The summed E-state index contributed by atoms with van der Waals surface area (Å²) < 4.78 is 1.80. The Hall–Kier alpha value is -2.69. The molecule has 1 aromatic carbocycles. The van der Waals surface area contributed by atoms with E-state index in [0.717, 1.165) is 23.1 Å². The lowest BCUT2D eigenvalue weighted by Gasteiger charge is -2.06. The summed E-state index contributed by atoms with van der Waals surface area (Å²) in [7, 11) is 0. The van der Waals surface area contributed by atoms with Gasteiger partial charge in [0.2, 0.25) is 0 Å². The minimum Gasteiger partial charge on any atom is -0.319 e. The first-order valence-electron chi connectivity index (χ1n) is 6.88. The van der Waals surface area contributed by atoms with E-state index in [1.54, 1.807) is 16.9 Å². The Morgan fingerprint density at radius 3 is 2.86 bits per heavy atom. The van der Waals surface area contributed by atoms with Gasteiger partial charge in [0.15, 0.2) is 5.69 Å². The van der Waals surface area contributed by atoms with Crippen molar-refractivity contribution in [2.75, 3.05) is 5.32 Å². The number of pyridine rings is 1. The maximum absolute atomic E-state index is 12.3. The predicted octanol–water partition coefficient (Wildman–Crippen LogP) is 3.01. The van der Waals surface area contributed by atoms with E-state index >= 15 is 0 Å². The number of aromatic nitrogens is 3. The van der Waals surface area contributed by atoms with Gasteiger partial charge >= 0.3 is 0 Å². The third-order valence-electron chi connectivity index (χ3n) is 3.39. The van der Waals surface area contributed by atoms with Gasteiger partial charge in [-0.25, -0.2) is 0 Å². The average Bonchev–Trinajstić information content (AvgIpc) is 2.89. The number of nitrogens with one attached hydrogen (secondary N) is 1. The number of aryl methyl sites for hydroxylation is 2. The minimum atomic E-state index is -0.219. The summed E-state index contributed by atoms with van der Waals surface area (Å²) in [6.45, 7) is 4.68. The molecule has 3 aromatic rings. The van der Waals surface area contributed by atoms with Crippen LogP contribution < -0.4 is 5.32 Å². The van der Waals surface area contributed by atoms with Crippen LogP contribution in [0.4, 0.5) is 5.69 Å². The summed E-state index contributed by atoms with van der Waals surface area (Å²) >= 11 is 0. The number of fused-ring (bicyclic) bond motifs is 1. The molecule has 3 rings (SSSR count). The number of benzene rings is 1. The van der Waals surface area contributed by atoms with Crippen molar-refractivity contribution < 1.29 is 4.79 Å². The van der Waals surface area contributed by atoms with Crippen LogP contribution in [0.3, 0.4) is 0 Å². The number of carbonyl (C=O) groups is 1. The molecule has 21 heavy (non-hydrogen) atoms. The van der Waals surface area contributed by atoms with E-state index in [-0.39, 0.29) is 5.91 Å². The fourth-order valence-electron chi connectivity index (χ4n) is 2.33. The van der Waals surface area contributed by atoms with E-state index in [1.807, 2.05) is 44.2 Å². The van der Waals surface area contributed by atoms with E-state index in [0.29, 0.717) is 11.4 Å². The molecule has 0 saturated carbocycles. The van der Waals surface area contributed by atoms with E-state index in [1.165, 1.54) is 0 Å². The highest BCUT2D eigenvalue weighted by molar-refractivity contribution is 6.07. The number of hydrogen-bond acceptors (Lipinski definition) is 3. The van der Waals surface area contributed by atoms with Crippen molar-refractivity contribution in [1.82, 2.24) is 14.8 Å². The molecule has 2 aromatic heterocycles. The molecule has 5 nitrogen and oxygen atoms in total. The van der Waals surface area contributed by atoms with Gasteiger partial charge in [0.05, 0.1) is 11.2 Å². The summed E-state index contributed by atoms with van der Waals surface area (Å²) in [5.74, 6) is -0.219. The Morgan fingerprint density at radius 2 is 2.10 bits per heavy atom. The van der Waals surface area contributed by atoms with Crippen LogP contribution in [0.2, 0.25) is 0 Å². The fourth-order valence-corrected chi connectivity index (χ4v) is 2.33. The van der Waals surface area contributed by atoms with Gasteiger partial charge in [0.1, 0.15) is 0 Å². The number of para-hydroxylation sites is 1. The number of nitrogens with zero attached hydrogens (tertiary/aromatic N) is 3. The number of carbonyl (C=O) groups excluding carboxylic acids is 1. The third-order valence-corrected chi connectivity index (χ3v) is 3.39. The molecular formula is C16H16N4O. The summed E-state index contributed by atoms with van der Waals surface area (Å²) in [5, 5.41) is 8.17. The Labute approximate surface area is 122 Å². The molecule has 0 bridgehead atoms. The molecule has 2 heterocycles. The first-order valence-corrected chi connectivity index (χ1v) is 6.88. The third kappa shape index (κ3) is 2.50. The fraction of sp³-hybridized carbons (Fsp3) is 0.188. The van der Waals surface area contributed by atoms with Crippen molar-refractivity contribution in [2.45, 2.75) is 20.4 Å². The molecule has 0 aliphatic carbocycles. The van der Waals surface area contributed by atoms with Crippen molar-refractivity contribution >= 4 is 22.5 Å². The van der Waals surface area contributed by atoms with Gasteiger partial charge in [-0.1, -0.05) is 18.2 Å². The molecule has 0 unspecified atom stereocenters. The van der Waals surface area contributed by atoms with Crippen molar-refractivity contribution in [3.63, 3.8) is 0 Å². The van der Waals surface area contributed by atoms with Gasteiger partial charge in [0.25, 0.3) is 5.91 Å². The summed E-state index contributed by atoms with van der Waals surface area (Å²) in [6, 6.07) is 11.3. The Balaban J connectivity index is 1.92. The standard InChI is InChI=1S/C16H16N4O/c1-3-20-11(2)10-14(19-20)16(21)18-13-8-4-6-12-7-5-9-17-15(12)13/h4-10H,3H2,1-2H3,(H,18,21). The predicted molar refractivity (Wildman–Crippen MR) is 82.3 cm³/mol. The Morgan fingerprint density at radius 1 is 1.29 bits per heavy atom. The molecule has 5 heteroatoms. The molecule has 1 amide bonds. The highest BCUT2D eigenvalue weighted by Crippen LogP contribution is 2.21.